The Bertz CT molecular complexity index is 361. The molecule has 1 aliphatic heterocycles. The molecule has 3 atom stereocenters. The predicted molar refractivity (Wildman–Crippen MR) is 68.0 cm³/mol. The fourth-order valence-corrected chi connectivity index (χ4v) is 2.37. The van der Waals surface area contributed by atoms with Crippen molar-refractivity contribution in [2.75, 3.05) is 13.2 Å². The van der Waals surface area contributed by atoms with Crippen molar-refractivity contribution in [3.8, 4) is 5.75 Å². The molecule has 2 rings (SSSR count). The molecule has 0 unspecified atom stereocenters. The molecule has 0 bridgehead atoms. The van der Waals surface area contributed by atoms with Crippen LogP contribution >= 0.6 is 0 Å². The first-order valence-electron chi connectivity index (χ1n) is 6.29. The quantitative estimate of drug-likeness (QED) is 0.842. The van der Waals surface area contributed by atoms with Crippen LogP contribution in [0.1, 0.15) is 31.9 Å². The molecule has 0 saturated carbocycles. The van der Waals surface area contributed by atoms with Gasteiger partial charge in [-0.2, -0.15) is 0 Å². The van der Waals surface area contributed by atoms with Gasteiger partial charge in [0, 0.05) is 18.7 Å². The number of nitrogens with one attached hydrogen (secondary N) is 1. The van der Waals surface area contributed by atoms with Gasteiger partial charge < -0.3 is 15.2 Å². The van der Waals surface area contributed by atoms with E-state index in [9.17, 15) is 5.11 Å². The predicted octanol–water partition coefficient (Wildman–Crippen LogP) is 2.47. The van der Waals surface area contributed by atoms with Crippen LogP contribution < -0.4 is 5.32 Å². The number of phenolic OH excluding ortho intramolecular Hbond substituents is 1. The highest BCUT2D eigenvalue weighted by Crippen LogP contribution is 2.22. The summed E-state index contributed by atoms with van der Waals surface area (Å²) in [6.07, 6.45) is 1.14. The standard InChI is InChI=1S/C14H21NO2/c1-10(12-4-3-5-14(16)8-12)15-11(2)13-6-7-17-9-13/h3-5,8,10-11,13,15-16H,6-7,9H2,1-2H3/t10-,11-,13+/m1/s1. The molecule has 1 saturated heterocycles. The Morgan fingerprint density at radius 3 is 2.88 bits per heavy atom. The third kappa shape index (κ3) is 3.20. The van der Waals surface area contributed by atoms with E-state index < -0.39 is 0 Å². The van der Waals surface area contributed by atoms with Crippen LogP contribution in [0.3, 0.4) is 0 Å². The lowest BCUT2D eigenvalue weighted by molar-refractivity contribution is 0.177. The minimum Gasteiger partial charge on any atom is -0.508 e. The number of ether oxygens (including phenoxy) is 1. The van der Waals surface area contributed by atoms with Crippen LogP contribution in [-0.4, -0.2) is 24.4 Å². The summed E-state index contributed by atoms with van der Waals surface area (Å²) in [5.74, 6) is 0.933. The van der Waals surface area contributed by atoms with E-state index in [1.54, 1.807) is 6.07 Å². The first kappa shape index (κ1) is 12.4. The summed E-state index contributed by atoms with van der Waals surface area (Å²) in [5.41, 5.74) is 1.12. The summed E-state index contributed by atoms with van der Waals surface area (Å²) in [6.45, 7) is 6.08. The van der Waals surface area contributed by atoms with Gasteiger partial charge in [0.2, 0.25) is 0 Å². The van der Waals surface area contributed by atoms with Gasteiger partial charge in [-0.3, -0.25) is 0 Å². The van der Waals surface area contributed by atoms with Crippen molar-refractivity contribution >= 4 is 0 Å². The summed E-state index contributed by atoms with van der Waals surface area (Å²) in [7, 11) is 0. The smallest absolute Gasteiger partial charge is 0.115 e. The monoisotopic (exact) mass is 235 g/mol. The zero-order valence-electron chi connectivity index (χ0n) is 10.5. The van der Waals surface area contributed by atoms with Gasteiger partial charge in [-0.25, -0.2) is 0 Å². The Labute approximate surface area is 103 Å². The lowest BCUT2D eigenvalue weighted by Gasteiger charge is -2.24. The van der Waals surface area contributed by atoms with Gasteiger partial charge in [-0.1, -0.05) is 12.1 Å². The van der Waals surface area contributed by atoms with Gasteiger partial charge >= 0.3 is 0 Å². The minimum absolute atomic E-state index is 0.248. The average molecular weight is 235 g/mol. The summed E-state index contributed by atoms with van der Waals surface area (Å²) >= 11 is 0. The summed E-state index contributed by atoms with van der Waals surface area (Å²) in [4.78, 5) is 0. The molecular weight excluding hydrogens is 214 g/mol. The van der Waals surface area contributed by atoms with E-state index in [1.807, 2.05) is 18.2 Å². The highest BCUT2D eigenvalue weighted by molar-refractivity contribution is 5.29. The van der Waals surface area contributed by atoms with Gasteiger partial charge in [-0.05, 0) is 43.9 Å². The lowest BCUT2D eigenvalue weighted by Crippen LogP contribution is -2.35. The van der Waals surface area contributed by atoms with E-state index in [4.69, 9.17) is 4.74 Å². The highest BCUT2D eigenvalue weighted by Gasteiger charge is 2.23. The van der Waals surface area contributed by atoms with Crippen molar-refractivity contribution in [1.29, 1.82) is 0 Å². The molecule has 0 spiro atoms. The van der Waals surface area contributed by atoms with Crippen molar-refractivity contribution in [2.24, 2.45) is 5.92 Å². The number of rotatable bonds is 4. The van der Waals surface area contributed by atoms with Crippen molar-refractivity contribution in [3.05, 3.63) is 29.8 Å². The minimum atomic E-state index is 0.248. The number of hydrogen-bond acceptors (Lipinski definition) is 3. The van der Waals surface area contributed by atoms with Crippen LogP contribution in [0.2, 0.25) is 0 Å². The Morgan fingerprint density at radius 2 is 2.24 bits per heavy atom. The van der Waals surface area contributed by atoms with Gasteiger partial charge in [0.1, 0.15) is 5.75 Å². The van der Waals surface area contributed by atoms with Gasteiger partial charge in [-0.15, -0.1) is 0 Å². The van der Waals surface area contributed by atoms with Crippen molar-refractivity contribution in [2.45, 2.75) is 32.4 Å². The molecule has 0 aromatic heterocycles. The van der Waals surface area contributed by atoms with E-state index in [1.165, 1.54) is 0 Å². The molecule has 17 heavy (non-hydrogen) atoms. The molecule has 3 nitrogen and oxygen atoms in total. The number of aromatic hydroxyl groups is 1. The molecule has 0 amide bonds. The van der Waals surface area contributed by atoms with Crippen LogP contribution in [0, 0.1) is 5.92 Å². The first-order chi connectivity index (χ1) is 8.16. The molecule has 0 radical (unpaired) electrons. The average Bonchev–Trinajstić information content (AvgIpc) is 2.82. The molecule has 1 fully saturated rings. The van der Waals surface area contributed by atoms with Crippen LogP contribution in [0.25, 0.3) is 0 Å². The fourth-order valence-electron chi connectivity index (χ4n) is 2.37. The molecular formula is C14H21NO2. The van der Waals surface area contributed by atoms with Crippen LogP contribution in [-0.2, 0) is 4.74 Å². The molecule has 0 aliphatic carbocycles. The van der Waals surface area contributed by atoms with E-state index in [0.29, 0.717) is 17.7 Å². The van der Waals surface area contributed by atoms with Gasteiger partial charge in [0.15, 0.2) is 0 Å². The second kappa shape index (κ2) is 5.52. The van der Waals surface area contributed by atoms with Crippen LogP contribution in [0.15, 0.2) is 24.3 Å². The zero-order valence-corrected chi connectivity index (χ0v) is 10.5. The van der Waals surface area contributed by atoms with Gasteiger partial charge in [0.25, 0.3) is 0 Å². The Morgan fingerprint density at radius 1 is 1.41 bits per heavy atom. The Kier molecular flexibility index (Phi) is 4.02. The first-order valence-corrected chi connectivity index (χ1v) is 6.29. The Hall–Kier alpha value is -1.06. The second-order valence-corrected chi connectivity index (χ2v) is 4.90. The van der Waals surface area contributed by atoms with Crippen LogP contribution in [0.5, 0.6) is 5.75 Å². The largest absolute Gasteiger partial charge is 0.508 e. The summed E-state index contributed by atoms with van der Waals surface area (Å²) in [6, 6.07) is 8.12. The highest BCUT2D eigenvalue weighted by atomic mass is 16.5. The van der Waals surface area contributed by atoms with E-state index in [2.05, 4.69) is 19.2 Å². The molecule has 1 heterocycles. The van der Waals surface area contributed by atoms with Crippen LogP contribution in [0.4, 0.5) is 0 Å². The molecule has 3 heteroatoms. The number of hydrogen-bond donors (Lipinski definition) is 2. The number of benzene rings is 1. The molecule has 1 aliphatic rings. The zero-order chi connectivity index (χ0) is 12.3. The third-order valence-corrected chi connectivity index (χ3v) is 3.56. The topological polar surface area (TPSA) is 41.5 Å². The molecule has 2 N–H and O–H groups in total. The maximum absolute atomic E-state index is 9.46. The normalized spacial score (nSPS) is 23.5. The fraction of sp³-hybridized carbons (Fsp3) is 0.571. The SMILES string of the molecule is C[C@@H](N[C@H](C)[C@H]1CCOC1)c1cccc(O)c1. The van der Waals surface area contributed by atoms with Crippen molar-refractivity contribution < 1.29 is 9.84 Å². The van der Waals surface area contributed by atoms with E-state index >= 15 is 0 Å². The summed E-state index contributed by atoms with van der Waals surface area (Å²) < 4.78 is 5.40. The Balaban J connectivity index is 1.93. The maximum Gasteiger partial charge on any atom is 0.115 e. The molecule has 1 aromatic rings. The lowest BCUT2D eigenvalue weighted by atomic mass is 9.98. The summed E-state index contributed by atoms with van der Waals surface area (Å²) in [5, 5.41) is 13.0. The molecule has 1 aromatic carbocycles. The van der Waals surface area contributed by atoms with E-state index in [0.717, 1.165) is 25.2 Å². The molecule has 94 valence electrons. The second-order valence-electron chi connectivity index (χ2n) is 4.90. The van der Waals surface area contributed by atoms with Gasteiger partial charge in [0.05, 0.1) is 6.61 Å². The van der Waals surface area contributed by atoms with Crippen molar-refractivity contribution in [1.82, 2.24) is 5.32 Å². The number of phenols is 1. The van der Waals surface area contributed by atoms with E-state index in [-0.39, 0.29) is 6.04 Å². The van der Waals surface area contributed by atoms with Crippen molar-refractivity contribution in [3.63, 3.8) is 0 Å². The third-order valence-electron chi connectivity index (χ3n) is 3.56. The maximum atomic E-state index is 9.46.